The molecule has 0 saturated heterocycles. The van der Waals surface area contributed by atoms with Gasteiger partial charge in [0.05, 0.1) is 0 Å². The second kappa shape index (κ2) is 21.3. The van der Waals surface area contributed by atoms with E-state index in [0.717, 1.165) is 54.9 Å². The fourth-order valence-electron chi connectivity index (χ4n) is 4.01. The minimum Gasteiger partial charge on any atom is -0.508 e. The van der Waals surface area contributed by atoms with Crippen molar-refractivity contribution in [1.82, 2.24) is 0 Å². The molecule has 4 nitrogen and oxygen atoms in total. The monoisotopic (exact) mass is 546 g/mol. The van der Waals surface area contributed by atoms with Crippen molar-refractivity contribution in [3.8, 4) is 17.2 Å². The van der Waals surface area contributed by atoms with Crippen molar-refractivity contribution in [3.05, 3.63) is 113 Å². The van der Waals surface area contributed by atoms with E-state index in [9.17, 15) is 5.11 Å². The number of phenols is 1. The molecule has 0 bridgehead atoms. The molecule has 2 aliphatic carbocycles. The van der Waals surface area contributed by atoms with E-state index in [-0.39, 0.29) is 12.4 Å². The normalized spacial score (nSPS) is 13.7. The van der Waals surface area contributed by atoms with E-state index in [2.05, 4.69) is 31.2 Å². The van der Waals surface area contributed by atoms with E-state index in [1.54, 1.807) is 24.3 Å². The molecule has 0 heterocycles. The predicted octanol–water partition coefficient (Wildman–Crippen LogP) is 10.3. The van der Waals surface area contributed by atoms with Crippen LogP contribution in [-0.4, -0.2) is 16.8 Å². The molecule has 0 unspecified atom stereocenters. The van der Waals surface area contributed by atoms with Gasteiger partial charge >= 0.3 is 0 Å². The van der Waals surface area contributed by atoms with Crippen molar-refractivity contribution < 1.29 is 19.7 Å². The molecule has 40 heavy (non-hydrogen) atoms. The van der Waals surface area contributed by atoms with Gasteiger partial charge in [-0.1, -0.05) is 76.6 Å². The lowest BCUT2D eigenvalue weighted by molar-refractivity contribution is 0.288. The SMILES string of the molecule is CC.CC.CCC1=CC(OC2=CC=CC=CC2)=CCCC1.Cc1cc(Oc2cccc(O)c2)ccc1CCCO. The molecule has 0 saturated carbocycles. The van der Waals surface area contributed by atoms with Crippen LogP contribution in [0.5, 0.6) is 17.2 Å². The van der Waals surface area contributed by atoms with Gasteiger partial charge in [0.15, 0.2) is 0 Å². The van der Waals surface area contributed by atoms with Gasteiger partial charge in [-0.25, -0.2) is 0 Å². The fraction of sp³-hybridized carbons (Fsp3) is 0.389. The molecule has 2 N–H and O–H groups in total. The zero-order valence-electron chi connectivity index (χ0n) is 25.5. The molecule has 218 valence electrons. The molecule has 0 aliphatic heterocycles. The lowest BCUT2D eigenvalue weighted by atomic mass is 10.0. The van der Waals surface area contributed by atoms with Gasteiger partial charge in [-0.2, -0.15) is 0 Å². The first-order valence-electron chi connectivity index (χ1n) is 14.8. The van der Waals surface area contributed by atoms with Crippen molar-refractivity contribution in [2.75, 3.05) is 6.61 Å². The number of rotatable bonds is 8. The zero-order chi connectivity index (χ0) is 29.6. The Morgan fingerprint density at radius 1 is 0.900 bits per heavy atom. The lowest BCUT2D eigenvalue weighted by Crippen LogP contribution is -1.93. The van der Waals surface area contributed by atoms with Crippen LogP contribution in [0.15, 0.2) is 102 Å². The van der Waals surface area contributed by atoms with Crippen molar-refractivity contribution in [2.24, 2.45) is 0 Å². The highest BCUT2D eigenvalue weighted by atomic mass is 16.5. The number of aromatic hydroxyl groups is 1. The molecule has 2 aliphatic rings. The summed E-state index contributed by atoms with van der Waals surface area (Å²) in [6.45, 7) is 12.5. The molecule has 0 aromatic heterocycles. The number of phenolic OH excluding ortho intramolecular Hbond substituents is 1. The van der Waals surface area contributed by atoms with Crippen LogP contribution in [0, 0.1) is 6.92 Å². The Balaban J connectivity index is 0.000000358. The average Bonchev–Trinajstić information content (AvgIpc) is 3.38. The summed E-state index contributed by atoms with van der Waals surface area (Å²) in [6, 6.07) is 12.6. The van der Waals surface area contributed by atoms with Crippen molar-refractivity contribution in [1.29, 1.82) is 0 Å². The van der Waals surface area contributed by atoms with Crippen molar-refractivity contribution in [3.63, 3.8) is 0 Å². The second-order valence-electron chi connectivity index (χ2n) is 8.92. The number of aryl methyl sites for hydroxylation is 2. The average molecular weight is 547 g/mol. The van der Waals surface area contributed by atoms with Crippen LogP contribution in [0.2, 0.25) is 0 Å². The Bertz CT molecular complexity index is 1140. The van der Waals surface area contributed by atoms with Crippen molar-refractivity contribution >= 4 is 0 Å². The van der Waals surface area contributed by atoms with Crippen LogP contribution in [0.1, 0.15) is 84.3 Å². The smallest absolute Gasteiger partial charge is 0.131 e. The van der Waals surface area contributed by atoms with Gasteiger partial charge in [0, 0.05) is 19.1 Å². The first-order valence-corrected chi connectivity index (χ1v) is 14.8. The van der Waals surface area contributed by atoms with E-state index >= 15 is 0 Å². The topological polar surface area (TPSA) is 58.9 Å². The lowest BCUT2D eigenvalue weighted by Gasteiger charge is -2.10. The minimum absolute atomic E-state index is 0.189. The first kappa shape index (κ1) is 34.5. The standard InChI is InChI=1S/C16H18O3.C16H20O.2C2H6/c1-12-10-16(8-7-13(12)4-3-9-17)19-15-6-2-5-14(18)11-15;1-2-14-9-7-8-12-16(13-14)17-15-10-5-3-4-6-11-15;2*1-2/h2,5-8,10-11,17-18H,3-4,9H2,1H3;3-6,10,12-13H,2,7-9,11H2,1H3;2*1-2H3. The molecule has 0 fully saturated rings. The first-order chi connectivity index (χ1) is 19.6. The maximum Gasteiger partial charge on any atom is 0.131 e. The van der Waals surface area contributed by atoms with Crippen LogP contribution in [0.3, 0.4) is 0 Å². The minimum atomic E-state index is 0.189. The molecule has 0 spiro atoms. The van der Waals surface area contributed by atoms with Crippen LogP contribution in [0.25, 0.3) is 0 Å². The highest BCUT2D eigenvalue weighted by Crippen LogP contribution is 2.27. The molecule has 2 aromatic carbocycles. The third-order valence-electron chi connectivity index (χ3n) is 6.03. The number of allylic oxidation sites excluding steroid dienone is 8. The summed E-state index contributed by atoms with van der Waals surface area (Å²) in [5.41, 5.74) is 3.86. The van der Waals surface area contributed by atoms with Gasteiger partial charge in [-0.05, 0) is 99.1 Å². The Kier molecular flexibility index (Phi) is 18.4. The number of hydrogen-bond donors (Lipinski definition) is 2. The molecule has 0 radical (unpaired) electrons. The maximum absolute atomic E-state index is 9.38. The van der Waals surface area contributed by atoms with Crippen LogP contribution >= 0.6 is 0 Å². The van der Waals surface area contributed by atoms with E-state index < -0.39 is 0 Å². The zero-order valence-corrected chi connectivity index (χ0v) is 25.5. The van der Waals surface area contributed by atoms with Crippen molar-refractivity contribution in [2.45, 2.75) is 86.5 Å². The third-order valence-corrected chi connectivity index (χ3v) is 6.03. The van der Waals surface area contributed by atoms with E-state index in [1.165, 1.54) is 24.0 Å². The van der Waals surface area contributed by atoms with Gasteiger partial charge in [0.25, 0.3) is 0 Å². The second-order valence-corrected chi connectivity index (χ2v) is 8.92. The summed E-state index contributed by atoms with van der Waals surface area (Å²) >= 11 is 0. The molecular weight excluding hydrogens is 496 g/mol. The van der Waals surface area contributed by atoms with E-state index in [4.69, 9.17) is 14.6 Å². The van der Waals surface area contributed by atoms with Gasteiger partial charge in [0.2, 0.25) is 0 Å². The summed E-state index contributed by atoms with van der Waals surface area (Å²) in [7, 11) is 0. The molecule has 2 aromatic rings. The quantitative estimate of drug-likeness (QED) is 0.346. The molecule has 4 rings (SSSR count). The number of aliphatic hydroxyl groups excluding tert-OH is 1. The third kappa shape index (κ3) is 13.5. The molecular formula is C36H50O4. The fourth-order valence-corrected chi connectivity index (χ4v) is 4.01. The summed E-state index contributed by atoms with van der Waals surface area (Å²) in [5.74, 6) is 3.59. The highest BCUT2D eigenvalue weighted by Gasteiger charge is 2.06. The Labute approximate surface area is 243 Å². The largest absolute Gasteiger partial charge is 0.508 e. The summed E-state index contributed by atoms with van der Waals surface area (Å²) in [5, 5.41) is 18.2. The van der Waals surface area contributed by atoms with Crippen LogP contribution in [-0.2, 0) is 11.2 Å². The predicted molar refractivity (Wildman–Crippen MR) is 170 cm³/mol. The van der Waals surface area contributed by atoms with E-state index in [0.29, 0.717) is 5.75 Å². The van der Waals surface area contributed by atoms with Gasteiger partial charge < -0.3 is 19.7 Å². The Morgan fingerprint density at radius 2 is 1.68 bits per heavy atom. The Hall–Kier alpha value is -3.50. The summed E-state index contributed by atoms with van der Waals surface area (Å²) in [4.78, 5) is 0. The van der Waals surface area contributed by atoms with Gasteiger partial charge in [0.1, 0.15) is 28.8 Å². The number of benzene rings is 2. The van der Waals surface area contributed by atoms with E-state index in [1.807, 2.05) is 71.0 Å². The van der Waals surface area contributed by atoms with Gasteiger partial charge in [-0.3, -0.25) is 0 Å². The number of hydrogen-bond acceptors (Lipinski definition) is 4. The van der Waals surface area contributed by atoms with Gasteiger partial charge in [-0.15, -0.1) is 0 Å². The highest BCUT2D eigenvalue weighted by molar-refractivity contribution is 5.40. The summed E-state index contributed by atoms with van der Waals surface area (Å²) in [6.07, 6.45) is 21.9. The summed E-state index contributed by atoms with van der Waals surface area (Å²) < 4.78 is 11.7. The molecule has 4 heteroatoms. The Morgan fingerprint density at radius 3 is 2.38 bits per heavy atom. The van der Waals surface area contributed by atoms with Crippen LogP contribution in [0.4, 0.5) is 0 Å². The number of ether oxygens (including phenoxy) is 2. The number of aliphatic hydroxyl groups is 1. The molecule has 0 amide bonds. The maximum atomic E-state index is 9.38. The molecule has 0 atom stereocenters. The van der Waals surface area contributed by atoms with Crippen LogP contribution < -0.4 is 4.74 Å².